The van der Waals surface area contributed by atoms with Gasteiger partial charge in [0.1, 0.15) is 11.8 Å². The van der Waals surface area contributed by atoms with E-state index in [9.17, 15) is 9.59 Å². The smallest absolute Gasteiger partial charge is 0.261 e. The summed E-state index contributed by atoms with van der Waals surface area (Å²) in [6.45, 7) is 4.28. The minimum Gasteiger partial charge on any atom is -0.483 e. The van der Waals surface area contributed by atoms with E-state index >= 15 is 0 Å². The molecule has 2 aromatic rings. The first-order valence-electron chi connectivity index (χ1n) is 10.4. The van der Waals surface area contributed by atoms with Crippen LogP contribution in [0.5, 0.6) is 5.75 Å². The zero-order valence-corrected chi connectivity index (χ0v) is 21.8. The molecule has 1 N–H and O–H groups in total. The van der Waals surface area contributed by atoms with Crippen LogP contribution in [0, 0.1) is 0 Å². The summed E-state index contributed by atoms with van der Waals surface area (Å²) in [5, 5.41) is 4.31. The van der Waals surface area contributed by atoms with Crippen molar-refractivity contribution < 1.29 is 14.3 Å². The zero-order valence-electron chi connectivity index (χ0n) is 18.0. The van der Waals surface area contributed by atoms with Gasteiger partial charge in [-0.1, -0.05) is 61.1 Å². The van der Waals surface area contributed by atoms with Gasteiger partial charge in [-0.05, 0) is 59.1 Å². The fraction of sp³-hybridized carbons (Fsp3) is 0.391. The highest BCUT2D eigenvalue weighted by Gasteiger charge is 2.30. The van der Waals surface area contributed by atoms with Crippen LogP contribution in [-0.4, -0.2) is 35.9 Å². The molecular formula is C23H26BrCl3N2O3. The van der Waals surface area contributed by atoms with Crippen molar-refractivity contribution in [2.24, 2.45) is 0 Å². The molecule has 0 radical (unpaired) electrons. The van der Waals surface area contributed by atoms with E-state index in [0.717, 1.165) is 12.8 Å². The Hall–Kier alpha value is -1.47. The van der Waals surface area contributed by atoms with Crippen LogP contribution in [-0.2, 0) is 16.1 Å². The second-order valence-corrected chi connectivity index (χ2v) is 9.26. The predicted molar refractivity (Wildman–Crippen MR) is 134 cm³/mol. The van der Waals surface area contributed by atoms with Gasteiger partial charge in [0.2, 0.25) is 5.91 Å². The molecule has 0 bridgehead atoms. The second-order valence-electron chi connectivity index (χ2n) is 7.15. The highest BCUT2D eigenvalue weighted by atomic mass is 79.9. The van der Waals surface area contributed by atoms with E-state index < -0.39 is 6.04 Å². The van der Waals surface area contributed by atoms with E-state index in [-0.39, 0.29) is 25.0 Å². The lowest BCUT2D eigenvalue weighted by molar-refractivity contribution is -0.143. The molecule has 0 aliphatic heterocycles. The molecule has 5 nitrogen and oxygen atoms in total. The molecule has 0 saturated heterocycles. The zero-order chi connectivity index (χ0) is 23.7. The van der Waals surface area contributed by atoms with Crippen LogP contribution < -0.4 is 10.1 Å². The van der Waals surface area contributed by atoms with Crippen molar-refractivity contribution in [2.45, 2.75) is 45.7 Å². The van der Waals surface area contributed by atoms with E-state index in [1.54, 1.807) is 36.4 Å². The number of amides is 2. The van der Waals surface area contributed by atoms with Crippen molar-refractivity contribution in [1.82, 2.24) is 10.2 Å². The molecule has 0 aromatic heterocycles. The molecular weight excluding hydrogens is 539 g/mol. The molecule has 1 atom stereocenters. The first-order valence-corrected chi connectivity index (χ1v) is 12.3. The third-order valence-electron chi connectivity index (χ3n) is 4.85. The van der Waals surface area contributed by atoms with E-state index in [2.05, 4.69) is 21.2 Å². The Kier molecular flexibility index (Phi) is 11.1. The van der Waals surface area contributed by atoms with Gasteiger partial charge in [-0.15, -0.1) is 0 Å². The quantitative estimate of drug-likeness (QED) is 0.317. The minimum atomic E-state index is -0.691. The van der Waals surface area contributed by atoms with Gasteiger partial charge in [0.15, 0.2) is 6.61 Å². The summed E-state index contributed by atoms with van der Waals surface area (Å²) >= 11 is 22.0. The molecule has 0 aliphatic rings. The average molecular weight is 565 g/mol. The molecule has 174 valence electrons. The molecule has 0 fully saturated rings. The van der Waals surface area contributed by atoms with Crippen LogP contribution >= 0.6 is 50.7 Å². The number of carbonyl (C=O) groups excluding carboxylic acids is 2. The van der Waals surface area contributed by atoms with Crippen molar-refractivity contribution in [1.29, 1.82) is 0 Å². The number of hydrogen-bond acceptors (Lipinski definition) is 3. The largest absolute Gasteiger partial charge is 0.483 e. The van der Waals surface area contributed by atoms with Crippen molar-refractivity contribution in [2.75, 3.05) is 13.2 Å². The van der Waals surface area contributed by atoms with Crippen molar-refractivity contribution in [3.63, 3.8) is 0 Å². The summed E-state index contributed by atoms with van der Waals surface area (Å²) in [5.74, 6) is -0.107. The van der Waals surface area contributed by atoms with Crippen LogP contribution in [0.15, 0.2) is 40.9 Å². The third kappa shape index (κ3) is 7.55. The molecule has 32 heavy (non-hydrogen) atoms. The lowest BCUT2D eigenvalue weighted by atomic mass is 10.1. The molecule has 2 amide bonds. The standard InChI is InChI=1S/C23H26BrCl3N2O3/c1-3-5-11-28-23(31)20(4-2)29(13-16-18(26)7-6-8-19(16)27)22(30)14-32-21-10-9-15(25)12-17(21)24/h6-10,12,20H,3-5,11,13-14H2,1-2H3,(H,28,31). The Morgan fingerprint density at radius 2 is 1.81 bits per heavy atom. The maximum atomic E-state index is 13.2. The summed E-state index contributed by atoms with van der Waals surface area (Å²) in [6.07, 6.45) is 2.25. The maximum absolute atomic E-state index is 13.2. The van der Waals surface area contributed by atoms with Gasteiger partial charge in [-0.3, -0.25) is 9.59 Å². The Morgan fingerprint density at radius 3 is 2.41 bits per heavy atom. The Balaban J connectivity index is 2.26. The van der Waals surface area contributed by atoms with Gasteiger partial charge in [-0.25, -0.2) is 0 Å². The minimum absolute atomic E-state index is 0.0855. The predicted octanol–water partition coefficient (Wildman–Crippen LogP) is 6.51. The van der Waals surface area contributed by atoms with Crippen molar-refractivity contribution >= 4 is 62.5 Å². The summed E-state index contributed by atoms with van der Waals surface area (Å²) in [5.41, 5.74) is 0.580. The lowest BCUT2D eigenvalue weighted by Gasteiger charge is -2.31. The normalized spacial score (nSPS) is 11.7. The molecule has 0 aliphatic carbocycles. The lowest BCUT2D eigenvalue weighted by Crippen LogP contribution is -2.50. The number of rotatable bonds is 11. The monoisotopic (exact) mass is 562 g/mol. The molecule has 1 unspecified atom stereocenters. The van der Waals surface area contributed by atoms with Crippen molar-refractivity contribution in [3.05, 3.63) is 61.5 Å². The van der Waals surface area contributed by atoms with Crippen LogP contribution in [0.2, 0.25) is 15.1 Å². The maximum Gasteiger partial charge on any atom is 0.261 e. The third-order valence-corrected chi connectivity index (χ3v) is 6.41. The van der Waals surface area contributed by atoms with Crippen molar-refractivity contribution in [3.8, 4) is 5.75 Å². The van der Waals surface area contributed by atoms with Crippen LogP contribution in [0.4, 0.5) is 0 Å². The number of carbonyl (C=O) groups is 2. The van der Waals surface area contributed by atoms with Gasteiger partial charge in [-0.2, -0.15) is 0 Å². The fourth-order valence-electron chi connectivity index (χ4n) is 3.09. The topological polar surface area (TPSA) is 58.6 Å². The van der Waals surface area contributed by atoms with Gasteiger partial charge < -0.3 is 15.0 Å². The number of nitrogens with one attached hydrogen (secondary N) is 1. The SMILES string of the molecule is CCCCNC(=O)C(CC)N(Cc1c(Cl)cccc1Cl)C(=O)COc1ccc(Cl)cc1Br. The summed E-state index contributed by atoms with van der Waals surface area (Å²) in [6, 6.07) is 9.47. The molecule has 0 spiro atoms. The van der Waals surface area contributed by atoms with Crippen LogP contribution in [0.3, 0.4) is 0 Å². The number of nitrogens with zero attached hydrogens (tertiary/aromatic N) is 1. The summed E-state index contributed by atoms with van der Waals surface area (Å²) in [4.78, 5) is 27.6. The van der Waals surface area contributed by atoms with Crippen LogP contribution in [0.25, 0.3) is 0 Å². The number of halogens is 4. The summed E-state index contributed by atoms with van der Waals surface area (Å²) in [7, 11) is 0. The van der Waals surface area contributed by atoms with Gasteiger partial charge in [0.05, 0.1) is 4.47 Å². The second kappa shape index (κ2) is 13.3. The fourth-order valence-corrected chi connectivity index (χ4v) is 4.41. The molecule has 2 rings (SSSR count). The Morgan fingerprint density at radius 1 is 1.12 bits per heavy atom. The van der Waals surface area contributed by atoms with Gasteiger partial charge in [0.25, 0.3) is 5.91 Å². The Bertz CT molecular complexity index is 922. The van der Waals surface area contributed by atoms with E-state index in [1.807, 2.05) is 13.8 Å². The first kappa shape index (κ1) is 26.8. The van der Waals surface area contributed by atoms with E-state index in [4.69, 9.17) is 39.5 Å². The van der Waals surface area contributed by atoms with Gasteiger partial charge in [0, 0.05) is 33.7 Å². The van der Waals surface area contributed by atoms with Crippen LogP contribution in [0.1, 0.15) is 38.7 Å². The van der Waals surface area contributed by atoms with E-state index in [1.165, 1.54) is 4.90 Å². The highest BCUT2D eigenvalue weighted by Crippen LogP contribution is 2.29. The number of hydrogen-bond donors (Lipinski definition) is 1. The molecule has 9 heteroatoms. The first-order chi connectivity index (χ1) is 15.3. The molecule has 0 saturated carbocycles. The number of unbranched alkanes of at least 4 members (excludes halogenated alkanes) is 1. The molecule has 2 aromatic carbocycles. The average Bonchev–Trinajstić information content (AvgIpc) is 2.75. The Labute approximate surface area is 212 Å². The number of benzene rings is 2. The van der Waals surface area contributed by atoms with E-state index in [0.29, 0.717) is 43.8 Å². The molecule has 0 heterocycles. The summed E-state index contributed by atoms with van der Waals surface area (Å²) < 4.78 is 6.34. The highest BCUT2D eigenvalue weighted by molar-refractivity contribution is 9.10. The van der Waals surface area contributed by atoms with Gasteiger partial charge >= 0.3 is 0 Å². The number of ether oxygens (including phenoxy) is 1.